The van der Waals surface area contributed by atoms with Crippen molar-refractivity contribution in [1.29, 1.82) is 0 Å². The van der Waals surface area contributed by atoms with E-state index in [-0.39, 0.29) is 35.7 Å². The maximum atomic E-state index is 12.7. The molecule has 0 fully saturated rings. The third-order valence-electron chi connectivity index (χ3n) is 3.88. The van der Waals surface area contributed by atoms with Crippen LogP contribution in [-0.2, 0) is 25.7 Å². The first kappa shape index (κ1) is 16.3. The molecule has 9 heteroatoms. The molecule has 3 N–H and O–H groups in total. The highest BCUT2D eigenvalue weighted by atomic mass is 19.4. The van der Waals surface area contributed by atoms with Gasteiger partial charge in [0.15, 0.2) is 0 Å². The van der Waals surface area contributed by atoms with E-state index in [1.54, 1.807) is 11.1 Å². The third kappa shape index (κ3) is 3.21. The van der Waals surface area contributed by atoms with Crippen molar-refractivity contribution in [2.45, 2.75) is 25.7 Å². The van der Waals surface area contributed by atoms with Gasteiger partial charge < -0.3 is 15.2 Å². The summed E-state index contributed by atoms with van der Waals surface area (Å²) >= 11 is 0. The number of hydrogen-bond acceptors (Lipinski definition) is 5. The lowest BCUT2D eigenvalue weighted by Gasteiger charge is -2.28. The van der Waals surface area contributed by atoms with Gasteiger partial charge in [-0.3, -0.25) is 9.69 Å². The summed E-state index contributed by atoms with van der Waals surface area (Å²) in [4.78, 5) is 19.1. The monoisotopic (exact) mass is 341 g/mol. The van der Waals surface area contributed by atoms with Gasteiger partial charge in [-0.15, -0.1) is 0 Å². The molecule has 3 rings (SSSR count). The van der Waals surface area contributed by atoms with Crippen LogP contribution in [0, 0.1) is 0 Å². The third-order valence-corrected chi connectivity index (χ3v) is 3.88. The van der Waals surface area contributed by atoms with E-state index in [0.29, 0.717) is 18.7 Å². The second-order valence-electron chi connectivity index (χ2n) is 5.61. The van der Waals surface area contributed by atoms with Crippen LogP contribution in [0.5, 0.6) is 11.5 Å². The second-order valence-corrected chi connectivity index (χ2v) is 5.61. The van der Waals surface area contributed by atoms with Gasteiger partial charge in [0.05, 0.1) is 11.3 Å². The van der Waals surface area contributed by atoms with E-state index in [0.717, 1.165) is 0 Å². The molecule has 24 heavy (non-hydrogen) atoms. The highest BCUT2D eigenvalue weighted by Gasteiger charge is 2.35. The van der Waals surface area contributed by atoms with Crippen molar-refractivity contribution in [3.8, 4) is 11.5 Å². The van der Waals surface area contributed by atoms with Gasteiger partial charge in [-0.25, -0.2) is 4.98 Å². The Morgan fingerprint density at radius 2 is 2.04 bits per heavy atom. The average Bonchev–Trinajstić information content (AvgIpc) is 2.49. The van der Waals surface area contributed by atoms with E-state index in [2.05, 4.69) is 4.98 Å². The second kappa shape index (κ2) is 5.82. The molecule has 2 heterocycles. The number of nitrogens with one attached hydrogen (secondary N) is 1. The van der Waals surface area contributed by atoms with Gasteiger partial charge in [-0.1, -0.05) is 6.07 Å². The first-order chi connectivity index (χ1) is 11.2. The van der Waals surface area contributed by atoms with Crippen LogP contribution < -0.4 is 5.56 Å². The maximum Gasteiger partial charge on any atom is 0.449 e. The van der Waals surface area contributed by atoms with E-state index < -0.39 is 17.6 Å². The van der Waals surface area contributed by atoms with Crippen molar-refractivity contribution in [3.63, 3.8) is 0 Å². The van der Waals surface area contributed by atoms with E-state index in [4.69, 9.17) is 0 Å². The molecule has 0 atom stereocenters. The Bertz CT molecular complexity index is 833. The number of hydrogen-bond donors (Lipinski definition) is 3. The molecule has 1 aromatic heterocycles. The predicted octanol–water partition coefficient (Wildman–Crippen LogP) is 1.76. The molecule has 6 nitrogen and oxygen atoms in total. The number of phenolic OH excluding ortho intramolecular Hbond substituents is 2. The van der Waals surface area contributed by atoms with Gasteiger partial charge >= 0.3 is 6.18 Å². The molecule has 0 radical (unpaired) electrons. The van der Waals surface area contributed by atoms with Crippen molar-refractivity contribution < 1.29 is 23.4 Å². The number of benzene rings is 1. The van der Waals surface area contributed by atoms with E-state index in [1.807, 2.05) is 4.90 Å². The number of aromatic amines is 1. The molecule has 1 aliphatic rings. The van der Waals surface area contributed by atoms with Crippen LogP contribution in [0.4, 0.5) is 13.2 Å². The van der Waals surface area contributed by atoms with Crippen molar-refractivity contribution in [2.75, 3.05) is 6.54 Å². The van der Waals surface area contributed by atoms with E-state index in [1.165, 1.54) is 12.1 Å². The number of aromatic hydroxyl groups is 2. The quantitative estimate of drug-likeness (QED) is 0.774. The fourth-order valence-corrected chi connectivity index (χ4v) is 2.68. The number of halogens is 3. The van der Waals surface area contributed by atoms with Crippen LogP contribution in [0.2, 0.25) is 0 Å². The zero-order valence-electron chi connectivity index (χ0n) is 12.4. The Balaban J connectivity index is 1.83. The van der Waals surface area contributed by atoms with Crippen molar-refractivity contribution in [2.24, 2.45) is 0 Å². The summed E-state index contributed by atoms with van der Waals surface area (Å²) in [7, 11) is 0. The topological polar surface area (TPSA) is 89.5 Å². The summed E-state index contributed by atoms with van der Waals surface area (Å²) in [5.74, 6) is -1.43. The van der Waals surface area contributed by atoms with Gasteiger partial charge in [0.25, 0.3) is 5.56 Å². The predicted molar refractivity (Wildman–Crippen MR) is 77.4 cm³/mol. The van der Waals surface area contributed by atoms with Gasteiger partial charge in [0.1, 0.15) is 11.5 Å². The zero-order valence-corrected chi connectivity index (χ0v) is 12.4. The molecular formula is C15H14F3N3O3. The Hall–Kier alpha value is -2.55. The van der Waals surface area contributed by atoms with E-state index in [9.17, 15) is 28.2 Å². The number of nitrogens with zero attached hydrogens (tertiary/aromatic N) is 2. The maximum absolute atomic E-state index is 12.7. The zero-order chi connectivity index (χ0) is 17.5. The molecule has 0 saturated heterocycles. The average molecular weight is 341 g/mol. The van der Waals surface area contributed by atoms with Gasteiger partial charge in [0, 0.05) is 37.7 Å². The van der Waals surface area contributed by atoms with Crippen LogP contribution >= 0.6 is 0 Å². The fourth-order valence-electron chi connectivity index (χ4n) is 2.68. The lowest BCUT2D eigenvalue weighted by molar-refractivity contribution is -0.145. The Labute approximate surface area is 134 Å². The molecule has 128 valence electrons. The van der Waals surface area contributed by atoms with Crippen LogP contribution in [0.25, 0.3) is 0 Å². The largest absolute Gasteiger partial charge is 0.508 e. The number of alkyl halides is 3. The summed E-state index contributed by atoms with van der Waals surface area (Å²) in [6, 6.07) is 4.18. The molecule has 0 amide bonds. The number of H-pyrrole nitrogens is 1. The number of fused-ring (bicyclic) bond motifs is 1. The smallest absolute Gasteiger partial charge is 0.449 e. The summed E-state index contributed by atoms with van der Waals surface area (Å²) in [6.45, 7) is 0.837. The summed E-state index contributed by atoms with van der Waals surface area (Å²) in [5.41, 5.74) is 0.101. The Morgan fingerprint density at radius 1 is 1.29 bits per heavy atom. The standard InChI is InChI=1S/C15H14F3N3O3/c16-15(17,18)14-19-11-3-4-21(7-10(11)13(24)20-14)6-8-1-2-9(22)5-12(8)23/h1-2,5,22-23H,3-4,6-7H2,(H,19,20,24). The summed E-state index contributed by atoms with van der Waals surface area (Å²) < 4.78 is 38.1. The summed E-state index contributed by atoms with van der Waals surface area (Å²) in [5, 5.41) is 19.1. The normalized spacial score (nSPS) is 15.3. The molecular weight excluding hydrogens is 327 g/mol. The van der Waals surface area contributed by atoms with Crippen LogP contribution in [0.15, 0.2) is 23.0 Å². The molecule has 1 aromatic carbocycles. The number of rotatable bonds is 2. The number of phenols is 2. The minimum absolute atomic E-state index is 0.0689. The minimum atomic E-state index is -4.69. The Morgan fingerprint density at radius 3 is 2.71 bits per heavy atom. The van der Waals surface area contributed by atoms with Crippen LogP contribution in [0.3, 0.4) is 0 Å². The highest BCUT2D eigenvalue weighted by molar-refractivity contribution is 5.39. The SMILES string of the molecule is O=c1[nH]c(C(F)(F)F)nc2c1CN(Cc1ccc(O)cc1O)CC2. The van der Waals surface area contributed by atoms with Crippen LogP contribution in [-0.4, -0.2) is 31.6 Å². The Kier molecular flexibility index (Phi) is 3.96. The van der Waals surface area contributed by atoms with Crippen molar-refractivity contribution >= 4 is 0 Å². The van der Waals surface area contributed by atoms with Crippen molar-refractivity contribution in [3.05, 3.63) is 51.2 Å². The molecule has 0 unspecified atom stereocenters. The molecule has 0 aliphatic carbocycles. The van der Waals surface area contributed by atoms with Crippen molar-refractivity contribution in [1.82, 2.24) is 14.9 Å². The van der Waals surface area contributed by atoms with Gasteiger partial charge in [-0.2, -0.15) is 13.2 Å². The van der Waals surface area contributed by atoms with Gasteiger partial charge in [0.2, 0.25) is 5.82 Å². The minimum Gasteiger partial charge on any atom is -0.508 e. The molecule has 0 bridgehead atoms. The first-order valence-electron chi connectivity index (χ1n) is 7.16. The highest BCUT2D eigenvalue weighted by Crippen LogP contribution is 2.28. The lowest BCUT2D eigenvalue weighted by atomic mass is 10.1. The summed E-state index contributed by atoms with van der Waals surface area (Å²) in [6.07, 6.45) is -4.48. The number of aromatic nitrogens is 2. The molecule has 2 aromatic rings. The fraction of sp³-hybridized carbons (Fsp3) is 0.333. The van der Waals surface area contributed by atoms with Crippen LogP contribution in [0.1, 0.15) is 22.6 Å². The van der Waals surface area contributed by atoms with E-state index >= 15 is 0 Å². The molecule has 1 aliphatic heterocycles. The first-order valence-corrected chi connectivity index (χ1v) is 7.16. The van der Waals surface area contributed by atoms with Gasteiger partial charge in [-0.05, 0) is 6.07 Å². The lowest BCUT2D eigenvalue weighted by Crippen LogP contribution is -2.36. The molecule has 0 spiro atoms. The molecule has 0 saturated carbocycles.